The van der Waals surface area contributed by atoms with E-state index in [0.29, 0.717) is 22.9 Å². The molecule has 2 saturated heterocycles. The van der Waals surface area contributed by atoms with E-state index in [9.17, 15) is 0 Å². The highest BCUT2D eigenvalue weighted by Gasteiger charge is 2.42. The number of rotatable bonds is 1. The first-order chi connectivity index (χ1) is 6.75. The molecular formula is C8H12N4OS. The fourth-order valence-corrected chi connectivity index (χ4v) is 2.79. The maximum absolute atomic E-state index is 5.75. The van der Waals surface area contributed by atoms with Crippen molar-refractivity contribution in [2.24, 2.45) is 0 Å². The molecule has 3 atom stereocenters. The Morgan fingerprint density at radius 3 is 2.93 bits per heavy atom. The first kappa shape index (κ1) is 8.43. The quantitative estimate of drug-likeness (QED) is 0.682. The van der Waals surface area contributed by atoms with Crippen molar-refractivity contribution >= 4 is 18.2 Å². The summed E-state index contributed by atoms with van der Waals surface area (Å²) >= 11 is 5.13. The van der Waals surface area contributed by atoms with Gasteiger partial charge in [-0.05, 0) is 31.5 Å². The van der Waals surface area contributed by atoms with Crippen LogP contribution in [-0.2, 0) is 4.74 Å². The van der Waals surface area contributed by atoms with Gasteiger partial charge < -0.3 is 10.5 Å². The summed E-state index contributed by atoms with van der Waals surface area (Å²) in [5.41, 5.74) is 5.75. The predicted octanol–water partition coefficient (Wildman–Crippen LogP) is 1.02. The summed E-state index contributed by atoms with van der Waals surface area (Å²) in [5, 5.41) is 6.62. The first-order valence-corrected chi connectivity index (χ1v) is 5.24. The fraction of sp³-hybridized carbons (Fsp3) is 0.750. The second-order valence-corrected chi connectivity index (χ2v) is 4.32. The third-order valence-corrected chi connectivity index (χ3v) is 3.43. The zero-order valence-electron chi connectivity index (χ0n) is 7.64. The standard InChI is InChI=1S/C8H12N4OS/c9-7-10-11-8(14)12(7)5-3-4-1-2-6(5)13-4/h4-6H,1-3H2,(H2,9,10)(H,11,14). The topological polar surface area (TPSA) is 68.9 Å². The van der Waals surface area contributed by atoms with Gasteiger partial charge in [0.15, 0.2) is 4.77 Å². The third kappa shape index (κ3) is 1.04. The summed E-state index contributed by atoms with van der Waals surface area (Å²) < 4.78 is 8.24. The van der Waals surface area contributed by atoms with Gasteiger partial charge in [0, 0.05) is 0 Å². The minimum absolute atomic E-state index is 0.284. The molecule has 3 heterocycles. The van der Waals surface area contributed by atoms with Gasteiger partial charge in [-0.25, -0.2) is 5.10 Å². The monoisotopic (exact) mass is 212 g/mol. The summed E-state index contributed by atoms with van der Waals surface area (Å²) in [6, 6.07) is 0.292. The van der Waals surface area contributed by atoms with Crippen molar-refractivity contribution in [2.75, 3.05) is 5.73 Å². The Morgan fingerprint density at radius 2 is 2.43 bits per heavy atom. The van der Waals surface area contributed by atoms with Crippen LogP contribution in [0.3, 0.4) is 0 Å². The molecule has 1 aromatic heterocycles. The van der Waals surface area contributed by atoms with E-state index in [1.54, 1.807) is 0 Å². The van der Waals surface area contributed by atoms with Gasteiger partial charge in [-0.15, -0.1) is 5.10 Å². The molecule has 3 unspecified atom stereocenters. The van der Waals surface area contributed by atoms with Crippen LogP contribution in [0.15, 0.2) is 0 Å². The van der Waals surface area contributed by atoms with E-state index in [1.807, 2.05) is 4.57 Å². The SMILES string of the molecule is Nc1n[nH]c(=S)n1C1CC2CCC1O2. The molecule has 3 N–H and O–H groups in total. The zero-order chi connectivity index (χ0) is 9.71. The molecule has 2 aliphatic heterocycles. The smallest absolute Gasteiger partial charge is 0.220 e. The van der Waals surface area contributed by atoms with Crippen LogP contribution in [-0.4, -0.2) is 27.0 Å². The molecule has 0 radical (unpaired) electrons. The van der Waals surface area contributed by atoms with Crippen molar-refractivity contribution < 1.29 is 4.74 Å². The molecule has 0 spiro atoms. The van der Waals surface area contributed by atoms with E-state index in [0.717, 1.165) is 12.8 Å². The highest BCUT2D eigenvalue weighted by atomic mass is 32.1. The van der Waals surface area contributed by atoms with Crippen LogP contribution in [0.25, 0.3) is 0 Å². The van der Waals surface area contributed by atoms with E-state index in [4.69, 9.17) is 22.7 Å². The van der Waals surface area contributed by atoms with Crippen LogP contribution < -0.4 is 5.73 Å². The van der Waals surface area contributed by atoms with Crippen molar-refractivity contribution in [2.45, 2.75) is 37.5 Å². The number of H-pyrrole nitrogens is 1. The maximum Gasteiger partial charge on any atom is 0.220 e. The Kier molecular flexibility index (Phi) is 1.69. The summed E-state index contributed by atoms with van der Waals surface area (Å²) in [6.07, 6.45) is 3.99. The number of anilines is 1. The van der Waals surface area contributed by atoms with Crippen LogP contribution in [0, 0.1) is 4.77 Å². The van der Waals surface area contributed by atoms with Crippen molar-refractivity contribution in [1.82, 2.24) is 14.8 Å². The van der Waals surface area contributed by atoms with E-state index < -0.39 is 0 Å². The first-order valence-electron chi connectivity index (χ1n) is 4.83. The summed E-state index contributed by atoms with van der Waals surface area (Å²) in [7, 11) is 0. The van der Waals surface area contributed by atoms with Crippen molar-refractivity contribution in [3.63, 3.8) is 0 Å². The van der Waals surface area contributed by atoms with Gasteiger partial charge in [0.25, 0.3) is 0 Å². The Morgan fingerprint density at radius 1 is 1.57 bits per heavy atom. The normalized spacial score (nSPS) is 35.3. The average molecular weight is 212 g/mol. The Bertz CT molecular complexity index is 412. The van der Waals surface area contributed by atoms with Crippen LogP contribution in [0.5, 0.6) is 0 Å². The van der Waals surface area contributed by atoms with Crippen LogP contribution in [0.1, 0.15) is 25.3 Å². The van der Waals surface area contributed by atoms with Crippen LogP contribution in [0.4, 0.5) is 5.95 Å². The van der Waals surface area contributed by atoms with Crippen molar-refractivity contribution in [3.8, 4) is 0 Å². The van der Waals surface area contributed by atoms with E-state index >= 15 is 0 Å². The predicted molar refractivity (Wildman–Crippen MR) is 53.4 cm³/mol. The third-order valence-electron chi connectivity index (χ3n) is 3.14. The second-order valence-electron chi connectivity index (χ2n) is 3.93. The lowest BCUT2D eigenvalue weighted by Crippen LogP contribution is -2.22. The van der Waals surface area contributed by atoms with E-state index in [-0.39, 0.29) is 6.10 Å². The molecule has 6 heteroatoms. The van der Waals surface area contributed by atoms with Crippen molar-refractivity contribution in [1.29, 1.82) is 0 Å². The number of nitrogens with two attached hydrogens (primary N) is 1. The van der Waals surface area contributed by atoms with E-state index in [2.05, 4.69) is 10.2 Å². The molecule has 0 aromatic carbocycles. The zero-order valence-corrected chi connectivity index (χ0v) is 8.46. The van der Waals surface area contributed by atoms with Gasteiger partial charge >= 0.3 is 0 Å². The average Bonchev–Trinajstić information content (AvgIpc) is 2.81. The molecule has 2 aliphatic rings. The molecule has 3 rings (SSSR count). The summed E-state index contributed by atoms with van der Waals surface area (Å²) in [6.45, 7) is 0. The fourth-order valence-electron chi connectivity index (χ4n) is 2.52. The largest absolute Gasteiger partial charge is 0.373 e. The van der Waals surface area contributed by atoms with Crippen molar-refractivity contribution in [3.05, 3.63) is 4.77 Å². The Hall–Kier alpha value is -0.880. The molecule has 0 aliphatic carbocycles. The van der Waals surface area contributed by atoms with Crippen LogP contribution in [0.2, 0.25) is 0 Å². The number of aromatic nitrogens is 3. The number of fused-ring (bicyclic) bond motifs is 2. The summed E-state index contributed by atoms with van der Waals surface area (Å²) in [4.78, 5) is 0. The second kappa shape index (κ2) is 2.80. The van der Waals surface area contributed by atoms with Crippen LogP contribution >= 0.6 is 12.2 Å². The molecule has 14 heavy (non-hydrogen) atoms. The number of nitrogens with one attached hydrogen (secondary N) is 1. The Labute approximate surface area is 86.2 Å². The highest BCUT2D eigenvalue weighted by Crippen LogP contribution is 2.42. The molecule has 0 amide bonds. The minimum Gasteiger partial charge on any atom is -0.373 e. The van der Waals surface area contributed by atoms with Gasteiger partial charge in [-0.1, -0.05) is 0 Å². The molecule has 76 valence electrons. The lowest BCUT2D eigenvalue weighted by Gasteiger charge is -2.20. The van der Waals surface area contributed by atoms with Gasteiger partial charge in [0.2, 0.25) is 5.95 Å². The molecule has 2 fully saturated rings. The lowest BCUT2D eigenvalue weighted by molar-refractivity contribution is 0.0939. The number of hydrogen-bond donors (Lipinski definition) is 2. The summed E-state index contributed by atoms with van der Waals surface area (Å²) in [5.74, 6) is 0.469. The van der Waals surface area contributed by atoms with Gasteiger partial charge in [0.1, 0.15) is 0 Å². The molecule has 0 saturated carbocycles. The molecule has 1 aromatic rings. The minimum atomic E-state index is 0.284. The lowest BCUT2D eigenvalue weighted by atomic mass is 9.95. The number of hydrogen-bond acceptors (Lipinski definition) is 4. The van der Waals surface area contributed by atoms with E-state index in [1.165, 1.54) is 6.42 Å². The number of nitrogen functional groups attached to an aromatic ring is 1. The molecule has 2 bridgehead atoms. The molecule has 5 nitrogen and oxygen atoms in total. The number of ether oxygens (including phenoxy) is 1. The number of aromatic amines is 1. The highest BCUT2D eigenvalue weighted by molar-refractivity contribution is 7.71. The number of nitrogens with zero attached hydrogens (tertiary/aromatic N) is 2. The van der Waals surface area contributed by atoms with Gasteiger partial charge in [-0.3, -0.25) is 4.57 Å². The molecular weight excluding hydrogens is 200 g/mol. The maximum atomic E-state index is 5.75. The van der Waals surface area contributed by atoms with Gasteiger partial charge in [-0.2, -0.15) is 0 Å². The van der Waals surface area contributed by atoms with Gasteiger partial charge in [0.05, 0.1) is 18.2 Å². The Balaban J connectivity index is 2.00.